The molecule has 0 unspecified atom stereocenters. The van der Waals surface area contributed by atoms with Crippen molar-refractivity contribution in [2.24, 2.45) is 0 Å². The predicted octanol–water partition coefficient (Wildman–Crippen LogP) is 5.34. The number of amides is 1. The summed E-state index contributed by atoms with van der Waals surface area (Å²) in [6, 6.07) is 7.59. The maximum atomic E-state index is 12.6. The van der Waals surface area contributed by atoms with Gasteiger partial charge in [0.2, 0.25) is 0 Å². The molecule has 0 bridgehead atoms. The molecular weight excluding hydrogens is 366 g/mol. The average Bonchev–Trinajstić information content (AvgIpc) is 2.49. The summed E-state index contributed by atoms with van der Waals surface area (Å²) in [5, 5.41) is 2.76. The molecule has 0 atom stereocenters. The number of rotatable bonds is 4. The lowest BCUT2D eigenvalue weighted by molar-refractivity contribution is -0.137. The molecular formula is C16H12Cl2F3NO2. The van der Waals surface area contributed by atoms with E-state index < -0.39 is 17.6 Å². The highest BCUT2D eigenvalue weighted by molar-refractivity contribution is 6.33. The standard InChI is InChI=1S/C16H12Cl2F3NO2/c1-9-6-11(3-4-12(9)17)24-8-15(23)22-14-5-2-10(7-13(14)18)16(19,20)21/h2-7H,8H2,1H3,(H,22,23). The largest absolute Gasteiger partial charge is 0.484 e. The SMILES string of the molecule is Cc1cc(OCC(=O)Nc2ccc(C(F)(F)F)cc2Cl)ccc1Cl. The van der Waals surface area contributed by atoms with Crippen molar-refractivity contribution >= 4 is 34.8 Å². The van der Waals surface area contributed by atoms with Crippen molar-refractivity contribution in [1.29, 1.82) is 0 Å². The third-order valence-electron chi connectivity index (χ3n) is 3.07. The van der Waals surface area contributed by atoms with Crippen LogP contribution >= 0.6 is 23.2 Å². The number of carbonyl (C=O) groups excluding carboxylic acids is 1. The van der Waals surface area contributed by atoms with Gasteiger partial charge in [-0.15, -0.1) is 0 Å². The van der Waals surface area contributed by atoms with E-state index in [2.05, 4.69) is 5.32 Å². The summed E-state index contributed by atoms with van der Waals surface area (Å²) >= 11 is 11.6. The highest BCUT2D eigenvalue weighted by atomic mass is 35.5. The molecule has 24 heavy (non-hydrogen) atoms. The van der Waals surface area contributed by atoms with Crippen LogP contribution in [0.3, 0.4) is 0 Å². The first-order valence-electron chi connectivity index (χ1n) is 6.72. The van der Waals surface area contributed by atoms with Crippen molar-refractivity contribution in [3.05, 3.63) is 57.6 Å². The van der Waals surface area contributed by atoms with Gasteiger partial charge >= 0.3 is 6.18 Å². The van der Waals surface area contributed by atoms with Gasteiger partial charge < -0.3 is 10.1 Å². The van der Waals surface area contributed by atoms with Gasteiger partial charge in [0, 0.05) is 5.02 Å². The molecule has 0 saturated heterocycles. The molecule has 1 amide bonds. The number of aryl methyl sites for hydroxylation is 1. The molecule has 0 aliphatic rings. The summed E-state index contributed by atoms with van der Waals surface area (Å²) < 4.78 is 43.0. The number of halogens is 5. The first-order chi connectivity index (χ1) is 11.2. The molecule has 128 valence electrons. The monoisotopic (exact) mass is 377 g/mol. The smallest absolute Gasteiger partial charge is 0.416 e. The maximum Gasteiger partial charge on any atom is 0.416 e. The number of alkyl halides is 3. The van der Waals surface area contributed by atoms with E-state index >= 15 is 0 Å². The molecule has 0 fully saturated rings. The summed E-state index contributed by atoms with van der Waals surface area (Å²) in [6.45, 7) is 1.47. The zero-order chi connectivity index (χ0) is 17.9. The molecule has 3 nitrogen and oxygen atoms in total. The van der Waals surface area contributed by atoms with E-state index in [9.17, 15) is 18.0 Å². The van der Waals surface area contributed by atoms with E-state index in [1.165, 1.54) is 0 Å². The Bertz CT molecular complexity index is 763. The maximum absolute atomic E-state index is 12.6. The summed E-state index contributed by atoms with van der Waals surface area (Å²) in [4.78, 5) is 11.8. The molecule has 0 radical (unpaired) electrons. The quantitative estimate of drug-likeness (QED) is 0.780. The Morgan fingerprint density at radius 2 is 1.83 bits per heavy atom. The van der Waals surface area contributed by atoms with Crippen molar-refractivity contribution in [3.63, 3.8) is 0 Å². The number of benzene rings is 2. The normalized spacial score (nSPS) is 11.2. The highest BCUT2D eigenvalue weighted by Crippen LogP contribution is 2.33. The first kappa shape index (κ1) is 18.4. The predicted molar refractivity (Wildman–Crippen MR) is 86.8 cm³/mol. The Morgan fingerprint density at radius 1 is 1.12 bits per heavy atom. The van der Waals surface area contributed by atoms with Gasteiger partial charge in [-0.05, 0) is 48.9 Å². The topological polar surface area (TPSA) is 38.3 Å². The first-order valence-corrected chi connectivity index (χ1v) is 7.48. The van der Waals surface area contributed by atoms with Gasteiger partial charge in [0.15, 0.2) is 6.61 Å². The summed E-state index contributed by atoms with van der Waals surface area (Å²) in [6.07, 6.45) is -4.50. The Kier molecular flexibility index (Phi) is 5.62. The van der Waals surface area contributed by atoms with E-state index in [1.807, 2.05) is 0 Å². The Morgan fingerprint density at radius 3 is 2.42 bits per heavy atom. The summed E-state index contributed by atoms with van der Waals surface area (Å²) in [5.74, 6) is -0.102. The molecule has 2 rings (SSSR count). The molecule has 2 aromatic carbocycles. The minimum Gasteiger partial charge on any atom is -0.484 e. The lowest BCUT2D eigenvalue weighted by atomic mass is 10.2. The van der Waals surface area contributed by atoms with Gasteiger partial charge in [0.25, 0.3) is 5.91 Å². The molecule has 0 spiro atoms. The Labute approximate surface area is 146 Å². The zero-order valence-corrected chi connectivity index (χ0v) is 13.9. The average molecular weight is 378 g/mol. The third kappa shape index (κ3) is 4.79. The molecule has 0 aromatic heterocycles. The Balaban J connectivity index is 1.98. The minimum absolute atomic E-state index is 0.0746. The van der Waals surface area contributed by atoms with E-state index in [4.69, 9.17) is 27.9 Å². The van der Waals surface area contributed by atoms with Gasteiger partial charge in [-0.25, -0.2) is 0 Å². The lowest BCUT2D eigenvalue weighted by Crippen LogP contribution is -2.20. The number of hydrogen-bond acceptors (Lipinski definition) is 2. The zero-order valence-electron chi connectivity index (χ0n) is 12.4. The van der Waals surface area contributed by atoms with Crippen LogP contribution in [0, 0.1) is 6.92 Å². The number of ether oxygens (including phenoxy) is 1. The van der Waals surface area contributed by atoms with Gasteiger partial charge in [0.1, 0.15) is 5.75 Å². The van der Waals surface area contributed by atoms with E-state index in [-0.39, 0.29) is 17.3 Å². The van der Waals surface area contributed by atoms with Crippen molar-refractivity contribution < 1.29 is 22.7 Å². The van der Waals surface area contributed by atoms with Crippen LogP contribution in [0.15, 0.2) is 36.4 Å². The molecule has 0 heterocycles. The van der Waals surface area contributed by atoms with Crippen LogP contribution in [-0.2, 0) is 11.0 Å². The van der Waals surface area contributed by atoms with Crippen LogP contribution in [-0.4, -0.2) is 12.5 Å². The van der Waals surface area contributed by atoms with Gasteiger partial charge in [-0.1, -0.05) is 23.2 Å². The van der Waals surface area contributed by atoms with Gasteiger partial charge in [-0.2, -0.15) is 13.2 Å². The highest BCUT2D eigenvalue weighted by Gasteiger charge is 2.31. The fourth-order valence-corrected chi connectivity index (χ4v) is 2.18. The van der Waals surface area contributed by atoms with E-state index in [1.54, 1.807) is 25.1 Å². The van der Waals surface area contributed by atoms with Crippen molar-refractivity contribution in [1.82, 2.24) is 0 Å². The number of hydrogen-bond donors (Lipinski definition) is 1. The van der Waals surface area contributed by atoms with Crippen molar-refractivity contribution in [2.75, 3.05) is 11.9 Å². The van der Waals surface area contributed by atoms with Crippen LogP contribution in [0.5, 0.6) is 5.75 Å². The lowest BCUT2D eigenvalue weighted by Gasteiger charge is -2.12. The van der Waals surface area contributed by atoms with Crippen molar-refractivity contribution in [3.8, 4) is 5.75 Å². The summed E-state index contributed by atoms with van der Waals surface area (Å²) in [7, 11) is 0. The number of carbonyl (C=O) groups is 1. The van der Waals surface area contributed by atoms with E-state index in [0.717, 1.165) is 23.8 Å². The number of anilines is 1. The molecule has 2 aromatic rings. The second-order valence-corrected chi connectivity index (χ2v) is 5.75. The van der Waals surface area contributed by atoms with Crippen LogP contribution in [0.4, 0.5) is 18.9 Å². The molecule has 0 saturated carbocycles. The second kappa shape index (κ2) is 7.32. The second-order valence-electron chi connectivity index (χ2n) is 4.94. The molecule has 0 aliphatic heterocycles. The fourth-order valence-electron chi connectivity index (χ4n) is 1.83. The molecule has 8 heteroatoms. The minimum atomic E-state index is -4.50. The van der Waals surface area contributed by atoms with E-state index in [0.29, 0.717) is 10.8 Å². The third-order valence-corrected chi connectivity index (χ3v) is 3.81. The van der Waals surface area contributed by atoms with Crippen LogP contribution in [0.2, 0.25) is 10.0 Å². The van der Waals surface area contributed by atoms with Gasteiger partial charge in [-0.3, -0.25) is 4.79 Å². The fraction of sp³-hybridized carbons (Fsp3) is 0.188. The van der Waals surface area contributed by atoms with Crippen LogP contribution in [0.1, 0.15) is 11.1 Å². The van der Waals surface area contributed by atoms with Crippen LogP contribution in [0.25, 0.3) is 0 Å². The van der Waals surface area contributed by atoms with Crippen molar-refractivity contribution in [2.45, 2.75) is 13.1 Å². The molecule has 1 N–H and O–H groups in total. The van der Waals surface area contributed by atoms with Crippen LogP contribution < -0.4 is 10.1 Å². The summed E-state index contributed by atoms with van der Waals surface area (Å²) in [5.41, 5.74) is -0.0238. The number of nitrogens with one attached hydrogen (secondary N) is 1. The Hall–Kier alpha value is -1.92. The molecule has 0 aliphatic carbocycles. The van der Waals surface area contributed by atoms with Gasteiger partial charge in [0.05, 0.1) is 16.3 Å².